The number of nitrogens with one attached hydrogen (secondary N) is 1. The number of hydrogen-bond donors (Lipinski definition) is 2. The number of amides is 1. The maximum absolute atomic E-state index is 12.8. The highest BCUT2D eigenvalue weighted by Gasteiger charge is 2.19. The number of morpholine rings is 1. The number of fused-ring (bicyclic) bond motifs is 1. The Morgan fingerprint density at radius 1 is 1.20 bits per heavy atom. The van der Waals surface area contributed by atoms with E-state index in [4.69, 9.17) is 4.74 Å². The van der Waals surface area contributed by atoms with Gasteiger partial charge in [0.25, 0.3) is 5.91 Å². The van der Waals surface area contributed by atoms with E-state index in [1.54, 1.807) is 38.1 Å². The number of carbonyl (C=O) groups excluding carboxylic acids is 1. The quantitative estimate of drug-likeness (QED) is 0.673. The molecule has 0 bridgehead atoms. The summed E-state index contributed by atoms with van der Waals surface area (Å²) in [6, 6.07) is 10.7. The van der Waals surface area contributed by atoms with Crippen molar-refractivity contribution in [3.05, 3.63) is 53.2 Å². The number of hydrogen-bond acceptors (Lipinski definition) is 6. The first-order valence-electron chi connectivity index (χ1n) is 10.2. The van der Waals surface area contributed by atoms with Crippen LogP contribution in [0.15, 0.2) is 36.4 Å². The molecule has 1 amide bonds. The van der Waals surface area contributed by atoms with Gasteiger partial charge in [-0.05, 0) is 38.0 Å². The average molecular weight is 409 g/mol. The first-order chi connectivity index (χ1) is 14.3. The number of aromatic nitrogens is 3. The van der Waals surface area contributed by atoms with E-state index in [9.17, 15) is 9.90 Å². The Labute approximate surface area is 175 Å². The molecular formula is C22H27N5O3. The minimum absolute atomic E-state index is 0.252. The largest absolute Gasteiger partial charge is 0.386 e. The molecule has 1 aliphatic heterocycles. The Morgan fingerprint density at radius 3 is 2.53 bits per heavy atom. The van der Waals surface area contributed by atoms with E-state index >= 15 is 0 Å². The summed E-state index contributed by atoms with van der Waals surface area (Å²) >= 11 is 0. The molecule has 8 heteroatoms. The Hall–Kier alpha value is -2.97. The molecule has 158 valence electrons. The van der Waals surface area contributed by atoms with Crippen LogP contribution in [0.2, 0.25) is 0 Å². The Morgan fingerprint density at radius 2 is 1.90 bits per heavy atom. The van der Waals surface area contributed by atoms with Crippen molar-refractivity contribution >= 4 is 23.2 Å². The van der Waals surface area contributed by atoms with E-state index in [-0.39, 0.29) is 5.91 Å². The number of carbonyl (C=O) groups is 1. The van der Waals surface area contributed by atoms with Gasteiger partial charge in [0, 0.05) is 30.8 Å². The van der Waals surface area contributed by atoms with Gasteiger partial charge in [-0.15, -0.1) is 0 Å². The fraction of sp³-hybridized carbons (Fsp3) is 0.409. The third kappa shape index (κ3) is 4.15. The zero-order valence-corrected chi connectivity index (χ0v) is 17.6. The molecule has 0 atom stereocenters. The zero-order chi connectivity index (χ0) is 21.3. The zero-order valence-electron chi connectivity index (χ0n) is 17.6. The van der Waals surface area contributed by atoms with E-state index in [1.807, 2.05) is 16.6 Å². The van der Waals surface area contributed by atoms with Gasteiger partial charge in [0.1, 0.15) is 11.6 Å². The number of aliphatic hydroxyl groups is 1. The van der Waals surface area contributed by atoms with E-state index in [2.05, 4.69) is 27.2 Å². The lowest BCUT2D eigenvalue weighted by molar-refractivity contribution is 0.0785. The lowest BCUT2D eigenvalue weighted by Crippen LogP contribution is -2.37. The van der Waals surface area contributed by atoms with Crippen molar-refractivity contribution in [1.82, 2.24) is 14.6 Å². The third-order valence-corrected chi connectivity index (χ3v) is 5.25. The highest BCUT2D eigenvalue weighted by molar-refractivity contribution is 6.04. The summed E-state index contributed by atoms with van der Waals surface area (Å²) in [5.41, 5.74) is 1.94. The van der Waals surface area contributed by atoms with Crippen LogP contribution in [0.25, 0.3) is 5.65 Å². The van der Waals surface area contributed by atoms with Crippen LogP contribution >= 0.6 is 0 Å². The molecule has 3 aromatic rings. The fourth-order valence-electron chi connectivity index (χ4n) is 3.48. The van der Waals surface area contributed by atoms with Crippen LogP contribution in [-0.4, -0.2) is 51.9 Å². The third-order valence-electron chi connectivity index (χ3n) is 5.25. The summed E-state index contributed by atoms with van der Waals surface area (Å²) < 4.78 is 7.30. The lowest BCUT2D eigenvalue weighted by Gasteiger charge is -2.29. The number of aryl methyl sites for hydroxylation is 1. The molecule has 4 rings (SSSR count). The van der Waals surface area contributed by atoms with Crippen LogP contribution in [0.5, 0.6) is 0 Å². The number of ether oxygens (including phenoxy) is 1. The predicted molar refractivity (Wildman–Crippen MR) is 115 cm³/mol. The summed E-state index contributed by atoms with van der Waals surface area (Å²) in [5, 5.41) is 17.7. The fourth-order valence-corrected chi connectivity index (χ4v) is 3.48. The van der Waals surface area contributed by atoms with Crippen molar-refractivity contribution in [2.24, 2.45) is 0 Å². The summed E-state index contributed by atoms with van der Waals surface area (Å²) in [7, 11) is 0. The first-order valence-corrected chi connectivity index (χ1v) is 10.2. The molecule has 1 aliphatic rings. The second-order valence-electron chi connectivity index (χ2n) is 7.95. The summed E-state index contributed by atoms with van der Waals surface area (Å²) in [6.07, 6.45) is 0.807. The van der Waals surface area contributed by atoms with Gasteiger partial charge in [-0.1, -0.05) is 19.1 Å². The molecule has 0 aliphatic carbocycles. The molecule has 8 nitrogen and oxygen atoms in total. The van der Waals surface area contributed by atoms with Gasteiger partial charge in [0.2, 0.25) is 0 Å². The minimum atomic E-state index is -0.951. The van der Waals surface area contributed by atoms with Gasteiger partial charge in [0.05, 0.1) is 24.5 Å². The predicted octanol–water partition coefficient (Wildman–Crippen LogP) is 2.61. The molecule has 0 unspecified atom stereocenters. The van der Waals surface area contributed by atoms with Gasteiger partial charge in [-0.25, -0.2) is 4.98 Å². The monoisotopic (exact) mass is 409 g/mol. The molecule has 1 saturated heterocycles. The van der Waals surface area contributed by atoms with Gasteiger partial charge in [-0.2, -0.15) is 9.61 Å². The second-order valence-corrected chi connectivity index (χ2v) is 7.95. The second kappa shape index (κ2) is 8.04. The molecular weight excluding hydrogens is 382 g/mol. The van der Waals surface area contributed by atoms with Gasteiger partial charge >= 0.3 is 0 Å². The summed E-state index contributed by atoms with van der Waals surface area (Å²) in [6.45, 7) is 8.30. The maximum Gasteiger partial charge on any atom is 0.256 e. The molecule has 0 spiro atoms. The molecule has 2 N–H and O–H groups in total. The van der Waals surface area contributed by atoms with Crippen molar-refractivity contribution in [3.63, 3.8) is 0 Å². The number of benzene rings is 1. The van der Waals surface area contributed by atoms with Crippen molar-refractivity contribution in [3.8, 4) is 0 Å². The Bertz CT molecular complexity index is 1050. The Balaban J connectivity index is 1.64. The molecule has 2 aromatic heterocycles. The average Bonchev–Trinajstić information content (AvgIpc) is 3.16. The topological polar surface area (TPSA) is 92.0 Å². The molecule has 1 aromatic carbocycles. The van der Waals surface area contributed by atoms with Crippen LogP contribution in [0.3, 0.4) is 0 Å². The highest BCUT2D eigenvalue weighted by Crippen LogP contribution is 2.23. The smallest absolute Gasteiger partial charge is 0.256 e. The molecule has 30 heavy (non-hydrogen) atoms. The van der Waals surface area contributed by atoms with Crippen LogP contribution < -0.4 is 10.2 Å². The number of nitrogens with zero attached hydrogens (tertiary/aromatic N) is 4. The first kappa shape index (κ1) is 20.3. The van der Waals surface area contributed by atoms with Crippen LogP contribution in [0.1, 0.15) is 42.4 Å². The van der Waals surface area contributed by atoms with Crippen molar-refractivity contribution in [2.45, 2.75) is 32.8 Å². The minimum Gasteiger partial charge on any atom is -0.386 e. The lowest BCUT2D eigenvalue weighted by atomic mass is 9.97. The molecule has 3 heterocycles. The van der Waals surface area contributed by atoms with E-state index in [0.717, 1.165) is 36.6 Å². The van der Waals surface area contributed by atoms with E-state index < -0.39 is 5.60 Å². The van der Waals surface area contributed by atoms with Crippen LogP contribution in [0, 0.1) is 0 Å². The number of anilines is 2. The van der Waals surface area contributed by atoms with Crippen molar-refractivity contribution in [1.29, 1.82) is 0 Å². The van der Waals surface area contributed by atoms with Gasteiger partial charge in [-0.3, -0.25) is 4.79 Å². The standard InChI is InChI=1S/C22H27N5O3/c1-4-17-13-19-23-18(14-20(27(19)25-17)26-9-11-30-12-10-26)24-21(28)15-5-7-16(8-6-15)22(2,3)29/h5-8,13-14,29H,4,9-12H2,1-3H3,(H,23,24,28). The summed E-state index contributed by atoms with van der Waals surface area (Å²) in [5.74, 6) is 1.11. The molecule has 0 radical (unpaired) electrons. The van der Waals surface area contributed by atoms with Crippen LogP contribution in [-0.2, 0) is 16.8 Å². The Kier molecular flexibility index (Phi) is 5.44. The normalized spacial score (nSPS) is 14.9. The highest BCUT2D eigenvalue weighted by atomic mass is 16.5. The maximum atomic E-state index is 12.8. The van der Waals surface area contributed by atoms with Crippen LogP contribution in [0.4, 0.5) is 11.6 Å². The van der Waals surface area contributed by atoms with Gasteiger partial charge < -0.3 is 20.1 Å². The van der Waals surface area contributed by atoms with E-state index in [1.165, 1.54) is 0 Å². The van der Waals surface area contributed by atoms with E-state index in [0.29, 0.717) is 30.2 Å². The summed E-state index contributed by atoms with van der Waals surface area (Å²) in [4.78, 5) is 19.6. The molecule has 1 fully saturated rings. The van der Waals surface area contributed by atoms with Crippen molar-refractivity contribution in [2.75, 3.05) is 36.5 Å². The molecule has 0 saturated carbocycles. The van der Waals surface area contributed by atoms with Crippen molar-refractivity contribution < 1.29 is 14.6 Å². The number of rotatable bonds is 5. The SMILES string of the molecule is CCc1cc2nc(NC(=O)c3ccc(C(C)(C)O)cc3)cc(N3CCOCC3)n2n1. The van der Waals surface area contributed by atoms with Gasteiger partial charge in [0.15, 0.2) is 5.65 Å².